The van der Waals surface area contributed by atoms with Gasteiger partial charge in [-0.05, 0) is 50.3 Å². The number of nitrogens with zero attached hydrogens (tertiary/aromatic N) is 1. The van der Waals surface area contributed by atoms with Gasteiger partial charge in [0.1, 0.15) is 4.21 Å². The highest BCUT2D eigenvalue weighted by Gasteiger charge is 2.29. The maximum absolute atomic E-state index is 12.5. The normalized spacial score (nSPS) is 17.6. The topological polar surface area (TPSA) is 78.5 Å². The zero-order valence-corrected chi connectivity index (χ0v) is 17.1. The van der Waals surface area contributed by atoms with Crippen LogP contribution >= 0.6 is 11.3 Å². The van der Waals surface area contributed by atoms with Crippen molar-refractivity contribution in [3.63, 3.8) is 0 Å². The highest BCUT2D eigenvalue weighted by atomic mass is 32.2. The number of benzene rings is 1. The molecule has 0 bridgehead atoms. The molecule has 1 aromatic carbocycles. The third kappa shape index (κ3) is 5.16. The summed E-state index contributed by atoms with van der Waals surface area (Å²) < 4.78 is 27.8. The number of amides is 1. The molecule has 1 aromatic heterocycles. The Balaban J connectivity index is 1.51. The molecule has 0 spiro atoms. The second-order valence-electron chi connectivity index (χ2n) is 6.89. The van der Waals surface area contributed by atoms with E-state index in [2.05, 4.69) is 14.9 Å². The van der Waals surface area contributed by atoms with E-state index in [0.29, 0.717) is 30.1 Å². The fraction of sp³-hybridized carbons (Fsp3) is 0.421. The summed E-state index contributed by atoms with van der Waals surface area (Å²) in [6.07, 6.45) is 1.37. The lowest BCUT2D eigenvalue weighted by Gasteiger charge is -2.35. The molecule has 8 heteroatoms. The van der Waals surface area contributed by atoms with Crippen LogP contribution in [0, 0.1) is 6.92 Å². The van der Waals surface area contributed by atoms with Crippen molar-refractivity contribution in [1.82, 2.24) is 9.62 Å². The summed E-state index contributed by atoms with van der Waals surface area (Å²) in [5, 5.41) is 4.70. The number of aryl methyl sites for hydroxylation is 1. The van der Waals surface area contributed by atoms with Gasteiger partial charge in [0.05, 0.1) is 6.04 Å². The quantitative estimate of drug-likeness (QED) is 0.772. The number of thiophene rings is 1. The molecule has 0 aliphatic carbocycles. The molecule has 2 aromatic rings. The second-order valence-corrected chi connectivity index (χ2v) is 9.78. The van der Waals surface area contributed by atoms with Crippen LogP contribution in [0.5, 0.6) is 0 Å². The smallest absolute Gasteiger partial charge is 0.250 e. The largest absolute Gasteiger partial charge is 0.325 e. The molecule has 1 aliphatic heterocycles. The van der Waals surface area contributed by atoms with Crippen molar-refractivity contribution in [3.8, 4) is 0 Å². The van der Waals surface area contributed by atoms with Gasteiger partial charge in [-0.25, -0.2) is 13.1 Å². The highest BCUT2D eigenvalue weighted by Crippen LogP contribution is 2.20. The third-order valence-corrected chi connectivity index (χ3v) is 7.78. The van der Waals surface area contributed by atoms with Gasteiger partial charge in [0.15, 0.2) is 0 Å². The van der Waals surface area contributed by atoms with Crippen LogP contribution in [0.4, 0.5) is 5.69 Å². The fourth-order valence-corrected chi connectivity index (χ4v) is 5.46. The number of carbonyl (C=O) groups is 1. The van der Waals surface area contributed by atoms with E-state index < -0.39 is 10.0 Å². The van der Waals surface area contributed by atoms with Crippen molar-refractivity contribution < 1.29 is 13.2 Å². The molecule has 3 rings (SSSR count). The van der Waals surface area contributed by atoms with Crippen LogP contribution in [0.1, 0.15) is 25.3 Å². The minimum atomic E-state index is -3.44. The number of hydrogen-bond donors (Lipinski definition) is 2. The molecule has 6 nitrogen and oxygen atoms in total. The lowest BCUT2D eigenvalue weighted by atomic mass is 10.0. The van der Waals surface area contributed by atoms with Crippen molar-refractivity contribution in [2.45, 2.75) is 43.0 Å². The summed E-state index contributed by atoms with van der Waals surface area (Å²) in [7, 11) is -3.44. The average molecular weight is 408 g/mol. The van der Waals surface area contributed by atoms with Crippen LogP contribution in [0.15, 0.2) is 46.0 Å². The van der Waals surface area contributed by atoms with Crippen molar-refractivity contribution in [2.75, 3.05) is 18.4 Å². The Morgan fingerprint density at radius 2 is 1.85 bits per heavy atom. The van der Waals surface area contributed by atoms with Crippen LogP contribution in [-0.2, 0) is 14.8 Å². The number of anilines is 1. The van der Waals surface area contributed by atoms with Crippen LogP contribution < -0.4 is 10.0 Å². The Kier molecular flexibility index (Phi) is 6.31. The third-order valence-electron chi connectivity index (χ3n) is 4.86. The van der Waals surface area contributed by atoms with E-state index in [1.165, 1.54) is 11.3 Å². The lowest BCUT2D eigenvalue weighted by Crippen LogP contribution is -2.50. The molecule has 0 saturated carbocycles. The summed E-state index contributed by atoms with van der Waals surface area (Å²) in [4.78, 5) is 14.6. The fourth-order valence-electron chi connectivity index (χ4n) is 3.15. The number of sulfonamides is 1. The van der Waals surface area contributed by atoms with Crippen molar-refractivity contribution in [2.24, 2.45) is 0 Å². The van der Waals surface area contributed by atoms with Crippen LogP contribution in [0.3, 0.4) is 0 Å². The van der Waals surface area contributed by atoms with Crippen LogP contribution in [-0.4, -0.2) is 44.4 Å². The standard InChI is InChI=1S/C19H25N3O3S2/c1-14-5-7-16(8-6-14)20-19(23)15(2)22-11-9-17(10-12-22)21-27(24,25)18-4-3-13-26-18/h3-8,13,15,17,21H,9-12H2,1-2H3,(H,20,23). The average Bonchev–Trinajstić information content (AvgIpc) is 3.19. The minimum absolute atomic E-state index is 0.0449. The summed E-state index contributed by atoms with van der Waals surface area (Å²) in [6, 6.07) is 10.7. The van der Waals surface area contributed by atoms with Crippen molar-refractivity contribution in [1.29, 1.82) is 0 Å². The molecule has 1 amide bonds. The van der Waals surface area contributed by atoms with Crippen LogP contribution in [0.25, 0.3) is 0 Å². The van der Waals surface area contributed by atoms with E-state index in [9.17, 15) is 13.2 Å². The Bertz CT molecular complexity index is 856. The Morgan fingerprint density at radius 3 is 2.44 bits per heavy atom. The Morgan fingerprint density at radius 1 is 1.19 bits per heavy atom. The number of likely N-dealkylation sites (tertiary alicyclic amines) is 1. The van der Waals surface area contributed by atoms with Gasteiger partial charge in [0, 0.05) is 24.8 Å². The molecule has 1 saturated heterocycles. The first-order chi connectivity index (χ1) is 12.8. The molecule has 0 radical (unpaired) electrons. The Labute approximate surface area is 164 Å². The van der Waals surface area contributed by atoms with E-state index in [4.69, 9.17) is 0 Å². The molecule has 1 atom stereocenters. The first-order valence-corrected chi connectivity index (χ1v) is 11.4. The van der Waals surface area contributed by atoms with Gasteiger partial charge < -0.3 is 5.32 Å². The number of carbonyl (C=O) groups excluding carboxylic acids is 1. The molecular weight excluding hydrogens is 382 g/mol. The van der Waals surface area contributed by atoms with Gasteiger partial charge in [0.25, 0.3) is 0 Å². The SMILES string of the molecule is Cc1ccc(NC(=O)C(C)N2CCC(NS(=O)(=O)c3cccs3)CC2)cc1. The minimum Gasteiger partial charge on any atom is -0.325 e. The lowest BCUT2D eigenvalue weighted by molar-refractivity contribution is -0.121. The van der Waals surface area contributed by atoms with Gasteiger partial charge in [-0.15, -0.1) is 11.3 Å². The van der Waals surface area contributed by atoms with E-state index in [0.717, 1.165) is 11.3 Å². The van der Waals surface area contributed by atoms with Gasteiger partial charge in [-0.1, -0.05) is 23.8 Å². The highest BCUT2D eigenvalue weighted by molar-refractivity contribution is 7.91. The Hall–Kier alpha value is -1.74. The molecular formula is C19H25N3O3S2. The van der Waals surface area contributed by atoms with Gasteiger partial charge >= 0.3 is 0 Å². The number of hydrogen-bond acceptors (Lipinski definition) is 5. The van der Waals surface area contributed by atoms with Gasteiger partial charge in [-0.2, -0.15) is 0 Å². The second kappa shape index (κ2) is 8.52. The predicted molar refractivity (Wildman–Crippen MR) is 109 cm³/mol. The monoisotopic (exact) mass is 407 g/mol. The van der Waals surface area contributed by atoms with Gasteiger partial charge in [-0.3, -0.25) is 9.69 Å². The van der Waals surface area contributed by atoms with E-state index in [1.54, 1.807) is 17.5 Å². The number of nitrogens with one attached hydrogen (secondary N) is 2. The van der Waals surface area contributed by atoms with Gasteiger partial charge in [0.2, 0.25) is 15.9 Å². The number of rotatable bonds is 6. The van der Waals surface area contributed by atoms with E-state index in [1.807, 2.05) is 38.1 Å². The molecule has 1 fully saturated rings. The predicted octanol–water partition coefficient (Wildman–Crippen LogP) is 2.83. The zero-order chi connectivity index (χ0) is 19.4. The summed E-state index contributed by atoms with van der Waals surface area (Å²) in [6.45, 7) is 5.25. The van der Waals surface area contributed by atoms with E-state index >= 15 is 0 Å². The first-order valence-electron chi connectivity index (χ1n) is 9.02. The summed E-state index contributed by atoms with van der Waals surface area (Å²) in [5.41, 5.74) is 1.93. The maximum atomic E-state index is 12.5. The molecule has 27 heavy (non-hydrogen) atoms. The summed E-state index contributed by atoms with van der Waals surface area (Å²) in [5.74, 6) is -0.0449. The first kappa shape index (κ1) is 20.0. The molecule has 1 unspecified atom stereocenters. The molecule has 2 N–H and O–H groups in total. The van der Waals surface area contributed by atoms with Crippen molar-refractivity contribution >= 4 is 33.0 Å². The van der Waals surface area contributed by atoms with Crippen LogP contribution in [0.2, 0.25) is 0 Å². The number of piperidine rings is 1. The molecule has 1 aliphatic rings. The zero-order valence-electron chi connectivity index (χ0n) is 15.5. The van der Waals surface area contributed by atoms with E-state index in [-0.39, 0.29) is 18.0 Å². The maximum Gasteiger partial charge on any atom is 0.250 e. The summed E-state index contributed by atoms with van der Waals surface area (Å²) >= 11 is 1.22. The van der Waals surface area contributed by atoms with Crippen molar-refractivity contribution in [3.05, 3.63) is 47.3 Å². The molecule has 2 heterocycles. The molecule has 146 valence electrons.